The van der Waals surface area contributed by atoms with Crippen molar-refractivity contribution in [2.45, 2.75) is 71.2 Å². The van der Waals surface area contributed by atoms with Crippen molar-refractivity contribution in [2.24, 2.45) is 0 Å². The Morgan fingerprint density at radius 2 is 1.55 bits per heavy atom. The van der Waals surface area contributed by atoms with Crippen LogP contribution in [-0.2, 0) is 45.2 Å². The lowest BCUT2D eigenvalue weighted by Gasteiger charge is -2.35. The van der Waals surface area contributed by atoms with Crippen molar-refractivity contribution in [2.75, 3.05) is 26.2 Å². The SMILES string of the molecule is CCCN(C(=O)NCc1ccc(F)cc1)N1CCN(Cc2cccc3ccccc23)C(=O)[C@H](Cc2ccc(C(CC)CC(=O)OCc3ccccc3)cc2)NC(=O)C1. The molecule has 0 bridgehead atoms. The average Bonchev–Trinajstić information content (AvgIpc) is 3.29. The lowest BCUT2D eigenvalue weighted by atomic mass is 9.91. The Hall–Kier alpha value is -6.07. The topological polar surface area (TPSA) is 111 Å². The first-order chi connectivity index (χ1) is 28.2. The lowest BCUT2D eigenvalue weighted by molar-refractivity contribution is -0.145. The van der Waals surface area contributed by atoms with Crippen LogP contribution < -0.4 is 10.6 Å². The molecule has 11 heteroatoms. The molecule has 58 heavy (non-hydrogen) atoms. The summed E-state index contributed by atoms with van der Waals surface area (Å²) >= 11 is 0. The van der Waals surface area contributed by atoms with Crippen molar-refractivity contribution < 1.29 is 28.3 Å². The Morgan fingerprint density at radius 1 is 0.845 bits per heavy atom. The maximum Gasteiger partial charge on any atom is 0.332 e. The second kappa shape index (κ2) is 20.4. The van der Waals surface area contributed by atoms with E-state index in [1.807, 2.05) is 111 Å². The van der Waals surface area contributed by atoms with Gasteiger partial charge in [-0.25, -0.2) is 14.2 Å². The second-order valence-corrected chi connectivity index (χ2v) is 14.7. The molecular formula is C47H52FN5O5. The number of nitrogens with one attached hydrogen (secondary N) is 2. The smallest absolute Gasteiger partial charge is 0.332 e. The van der Waals surface area contributed by atoms with Crippen LogP contribution in [0.2, 0.25) is 0 Å². The molecule has 1 aliphatic rings. The number of esters is 1. The van der Waals surface area contributed by atoms with E-state index in [-0.39, 0.29) is 75.1 Å². The minimum Gasteiger partial charge on any atom is -0.461 e. The van der Waals surface area contributed by atoms with Crippen molar-refractivity contribution in [3.63, 3.8) is 0 Å². The molecule has 0 saturated carbocycles. The van der Waals surface area contributed by atoms with E-state index in [1.165, 1.54) is 17.1 Å². The van der Waals surface area contributed by atoms with Crippen molar-refractivity contribution >= 4 is 34.6 Å². The monoisotopic (exact) mass is 785 g/mol. The molecule has 0 radical (unpaired) electrons. The van der Waals surface area contributed by atoms with E-state index in [0.29, 0.717) is 19.5 Å². The van der Waals surface area contributed by atoms with Crippen molar-refractivity contribution in [1.82, 2.24) is 25.6 Å². The molecule has 5 aromatic carbocycles. The highest BCUT2D eigenvalue weighted by Gasteiger charge is 2.32. The molecule has 6 rings (SSSR count). The molecule has 0 aliphatic carbocycles. The van der Waals surface area contributed by atoms with Crippen LogP contribution in [0.5, 0.6) is 0 Å². The molecule has 2 N–H and O–H groups in total. The summed E-state index contributed by atoms with van der Waals surface area (Å²) < 4.78 is 19.1. The maximum atomic E-state index is 14.6. The number of urea groups is 1. The van der Waals surface area contributed by atoms with Gasteiger partial charge in [0.15, 0.2) is 0 Å². The summed E-state index contributed by atoms with van der Waals surface area (Å²) in [4.78, 5) is 56.6. The quantitative estimate of drug-likeness (QED) is 0.106. The molecule has 0 spiro atoms. The number of nitrogens with zero attached hydrogens (tertiary/aromatic N) is 3. The van der Waals surface area contributed by atoms with Gasteiger partial charge in [-0.2, -0.15) is 0 Å². The number of ether oxygens (including phenoxy) is 1. The van der Waals surface area contributed by atoms with Gasteiger partial charge >= 0.3 is 12.0 Å². The molecule has 4 amide bonds. The summed E-state index contributed by atoms with van der Waals surface area (Å²) in [5, 5.41) is 11.3. The van der Waals surface area contributed by atoms with Gasteiger partial charge in [-0.1, -0.05) is 123 Å². The zero-order valence-electron chi connectivity index (χ0n) is 33.2. The van der Waals surface area contributed by atoms with E-state index in [9.17, 15) is 23.6 Å². The summed E-state index contributed by atoms with van der Waals surface area (Å²) in [6.07, 6.45) is 1.88. The fraction of sp³-hybridized carbons (Fsp3) is 0.319. The number of carbonyl (C=O) groups is 4. The van der Waals surface area contributed by atoms with E-state index in [2.05, 4.69) is 10.6 Å². The van der Waals surface area contributed by atoms with Gasteiger partial charge in [-0.3, -0.25) is 19.4 Å². The normalized spacial score (nSPS) is 15.5. The van der Waals surface area contributed by atoms with Gasteiger partial charge in [0, 0.05) is 39.1 Å². The molecule has 10 nitrogen and oxygen atoms in total. The van der Waals surface area contributed by atoms with Gasteiger partial charge in [-0.15, -0.1) is 0 Å². The van der Waals surface area contributed by atoms with Crippen LogP contribution in [0.3, 0.4) is 0 Å². The first kappa shape index (κ1) is 41.6. The molecule has 1 fully saturated rings. The number of hydrogen-bond acceptors (Lipinski definition) is 6. The van der Waals surface area contributed by atoms with E-state index < -0.39 is 12.1 Å². The molecule has 0 aromatic heterocycles. The Balaban J connectivity index is 1.20. The predicted octanol–water partition coefficient (Wildman–Crippen LogP) is 7.51. The van der Waals surface area contributed by atoms with Gasteiger partial charge in [0.1, 0.15) is 18.5 Å². The van der Waals surface area contributed by atoms with Crippen LogP contribution in [0.1, 0.15) is 66.8 Å². The van der Waals surface area contributed by atoms with Gasteiger partial charge in [-0.05, 0) is 69.5 Å². The highest BCUT2D eigenvalue weighted by molar-refractivity contribution is 5.90. The molecule has 1 saturated heterocycles. The number of benzene rings is 5. The highest BCUT2D eigenvalue weighted by Crippen LogP contribution is 2.26. The summed E-state index contributed by atoms with van der Waals surface area (Å²) in [7, 11) is 0. The highest BCUT2D eigenvalue weighted by atomic mass is 19.1. The number of amides is 4. The van der Waals surface area contributed by atoms with Crippen molar-refractivity contribution in [3.8, 4) is 0 Å². The number of fused-ring (bicyclic) bond motifs is 1. The molecule has 302 valence electrons. The number of rotatable bonds is 15. The molecule has 1 unspecified atom stereocenters. The lowest BCUT2D eigenvalue weighted by Crippen LogP contribution is -2.55. The van der Waals surface area contributed by atoms with E-state index in [1.54, 1.807) is 22.0 Å². The Kier molecular flexibility index (Phi) is 14.6. The van der Waals surface area contributed by atoms with E-state index >= 15 is 0 Å². The van der Waals surface area contributed by atoms with E-state index in [0.717, 1.165) is 45.0 Å². The van der Waals surface area contributed by atoms with Gasteiger partial charge in [0.05, 0.1) is 13.0 Å². The van der Waals surface area contributed by atoms with Crippen LogP contribution in [0.15, 0.2) is 121 Å². The number of hydrogen-bond donors (Lipinski definition) is 2. The Labute approximate surface area is 339 Å². The Bertz CT molecular complexity index is 2140. The van der Waals surface area contributed by atoms with Crippen molar-refractivity contribution in [1.29, 1.82) is 0 Å². The second-order valence-electron chi connectivity index (χ2n) is 14.7. The van der Waals surface area contributed by atoms with Crippen LogP contribution in [0, 0.1) is 5.82 Å². The fourth-order valence-corrected chi connectivity index (χ4v) is 7.36. The maximum absolute atomic E-state index is 14.6. The van der Waals surface area contributed by atoms with Crippen LogP contribution in [-0.4, -0.2) is 71.0 Å². The Morgan fingerprint density at radius 3 is 2.29 bits per heavy atom. The molecule has 1 heterocycles. The molecular weight excluding hydrogens is 734 g/mol. The summed E-state index contributed by atoms with van der Waals surface area (Å²) in [5.74, 6) is -1.26. The minimum absolute atomic E-state index is 0.0373. The summed E-state index contributed by atoms with van der Waals surface area (Å²) in [5.41, 5.74) is 4.50. The third kappa shape index (κ3) is 11.3. The van der Waals surface area contributed by atoms with Gasteiger partial charge in [0.2, 0.25) is 11.8 Å². The first-order valence-electron chi connectivity index (χ1n) is 20.1. The fourth-order valence-electron chi connectivity index (χ4n) is 7.36. The molecule has 5 aromatic rings. The number of carbonyl (C=O) groups excluding carboxylic acids is 4. The standard InChI is InChI=1S/C47H52FN5O5/c1-3-25-53(47(57)49-30-35-19-23-41(48)24-20-35)52-27-26-51(31-40-15-10-14-39-13-8-9-16-42(39)40)46(56)43(50-44(54)32-52)28-34-17-21-38(22-18-34)37(4-2)29-45(55)58-33-36-11-6-5-7-12-36/h5-24,37,43H,3-4,25-33H2,1-2H3,(H,49,57)(H,50,54)/t37?,43-/m0/s1. The van der Waals surface area contributed by atoms with Crippen LogP contribution in [0.4, 0.5) is 9.18 Å². The van der Waals surface area contributed by atoms with E-state index in [4.69, 9.17) is 4.74 Å². The average molecular weight is 786 g/mol. The minimum atomic E-state index is -0.866. The summed E-state index contributed by atoms with van der Waals surface area (Å²) in [6, 6.07) is 36.2. The first-order valence-corrected chi connectivity index (χ1v) is 20.1. The van der Waals surface area contributed by atoms with Crippen molar-refractivity contribution in [3.05, 3.63) is 155 Å². The zero-order valence-corrected chi connectivity index (χ0v) is 33.2. The van der Waals surface area contributed by atoms with Crippen LogP contribution >= 0.6 is 0 Å². The third-order valence-corrected chi connectivity index (χ3v) is 10.5. The zero-order chi connectivity index (χ0) is 40.9. The van der Waals surface area contributed by atoms with Gasteiger partial charge < -0.3 is 20.3 Å². The number of halogens is 1. The molecule has 2 atom stereocenters. The summed E-state index contributed by atoms with van der Waals surface area (Å²) in [6.45, 7) is 5.43. The van der Waals surface area contributed by atoms with Gasteiger partial charge in [0.25, 0.3) is 0 Å². The molecule has 1 aliphatic heterocycles. The largest absolute Gasteiger partial charge is 0.461 e. The third-order valence-electron chi connectivity index (χ3n) is 10.5. The number of hydrazine groups is 1. The van der Waals surface area contributed by atoms with Crippen LogP contribution in [0.25, 0.3) is 10.8 Å². The predicted molar refractivity (Wildman–Crippen MR) is 223 cm³/mol.